The lowest BCUT2D eigenvalue weighted by Crippen LogP contribution is -2.71. The summed E-state index contributed by atoms with van der Waals surface area (Å²) in [5.74, 6) is -5.63. The minimum absolute atomic E-state index is 0.0770. The highest BCUT2D eigenvalue weighted by Crippen LogP contribution is 2.54. The van der Waals surface area contributed by atoms with Crippen molar-refractivity contribution in [3.05, 3.63) is 16.7 Å². The van der Waals surface area contributed by atoms with E-state index in [2.05, 4.69) is 19.9 Å². The molecule has 0 spiro atoms. The largest absolute Gasteiger partial charge is 0.461 e. The Bertz CT molecular complexity index is 1500. The molecule has 2 bridgehead atoms. The molecular formula is C29H35ClF4N6O3. The topological polar surface area (TPSA) is 83.9 Å². The number of aryl methyl sites for hydroxylation is 1. The highest BCUT2D eigenvalue weighted by atomic mass is 35.5. The Balaban J connectivity index is 1.32. The van der Waals surface area contributed by atoms with Crippen molar-refractivity contribution in [3.8, 4) is 6.01 Å². The first kappa shape index (κ1) is 29.1. The van der Waals surface area contributed by atoms with E-state index in [1.165, 1.54) is 4.90 Å². The first-order valence-corrected chi connectivity index (χ1v) is 15.4. The Hall–Kier alpha value is -2.67. The van der Waals surface area contributed by atoms with Gasteiger partial charge in [0, 0.05) is 25.8 Å². The smallest absolute Gasteiger partial charge is 0.415 e. The average molecular weight is 627 g/mol. The highest BCUT2D eigenvalue weighted by Gasteiger charge is 2.69. The number of aromatic nitrogens is 3. The van der Waals surface area contributed by atoms with Gasteiger partial charge in [0.15, 0.2) is 11.0 Å². The van der Waals surface area contributed by atoms with Gasteiger partial charge in [-0.15, -0.1) is 0 Å². The number of piperazine rings is 1. The third-order valence-electron chi connectivity index (χ3n) is 9.68. The predicted molar refractivity (Wildman–Crippen MR) is 150 cm³/mol. The minimum atomic E-state index is -2.41. The number of pyridine rings is 1. The molecule has 5 aliphatic heterocycles. The molecule has 7 rings (SSSR count). The number of amides is 1. The summed E-state index contributed by atoms with van der Waals surface area (Å²) < 4.78 is 75.4. The SMILES string of the molecule is CC(C)(C)OC(=O)N1[C@]2(F)CC[C@@]1(F)[C@H]1CCCc3nc(Cl)c(F)c4nc(OC[C@@]56CCCN5C[C@H](F)C6)nc(c34)N1C2. The van der Waals surface area contributed by atoms with Gasteiger partial charge in [0.25, 0.3) is 0 Å². The number of carbonyl (C=O) groups excluding carboxylic acids is 1. The number of fused-ring (bicyclic) bond motifs is 6. The van der Waals surface area contributed by atoms with Crippen LogP contribution < -0.4 is 9.64 Å². The summed E-state index contributed by atoms with van der Waals surface area (Å²) in [6.45, 7) is 5.67. The summed E-state index contributed by atoms with van der Waals surface area (Å²) >= 11 is 6.18. The molecule has 4 fully saturated rings. The Labute approximate surface area is 251 Å². The van der Waals surface area contributed by atoms with Gasteiger partial charge in [-0.2, -0.15) is 9.97 Å². The van der Waals surface area contributed by atoms with Crippen LogP contribution in [0.15, 0.2) is 0 Å². The van der Waals surface area contributed by atoms with Gasteiger partial charge in [-0.25, -0.2) is 32.2 Å². The molecule has 14 heteroatoms. The summed E-state index contributed by atoms with van der Waals surface area (Å²) in [5.41, 5.74) is -1.21. The summed E-state index contributed by atoms with van der Waals surface area (Å²) in [6, 6.07) is -1.20. The van der Waals surface area contributed by atoms with Gasteiger partial charge in [-0.3, -0.25) is 4.90 Å². The molecule has 1 amide bonds. The zero-order chi connectivity index (χ0) is 30.5. The molecule has 4 saturated heterocycles. The van der Waals surface area contributed by atoms with Crippen molar-refractivity contribution >= 4 is 34.4 Å². The van der Waals surface area contributed by atoms with E-state index in [1.807, 2.05) is 0 Å². The molecule has 5 atom stereocenters. The number of ether oxygens (including phenoxy) is 2. The maximum atomic E-state index is 17.2. The van der Waals surface area contributed by atoms with Crippen molar-refractivity contribution in [2.75, 3.05) is 31.1 Å². The Morgan fingerprint density at radius 2 is 1.93 bits per heavy atom. The number of alkyl halides is 3. The Morgan fingerprint density at radius 3 is 2.70 bits per heavy atom. The first-order chi connectivity index (χ1) is 20.2. The van der Waals surface area contributed by atoms with Crippen molar-refractivity contribution in [2.24, 2.45) is 0 Å². The quantitative estimate of drug-likeness (QED) is 0.245. The van der Waals surface area contributed by atoms with E-state index < -0.39 is 53.4 Å². The van der Waals surface area contributed by atoms with E-state index in [-0.39, 0.29) is 53.8 Å². The second kappa shape index (κ2) is 9.66. The first-order valence-electron chi connectivity index (χ1n) is 15.0. The number of carbonyl (C=O) groups is 1. The normalized spacial score (nSPS) is 33.8. The van der Waals surface area contributed by atoms with Crippen LogP contribution in [0.4, 0.5) is 28.2 Å². The van der Waals surface area contributed by atoms with Gasteiger partial charge in [0.2, 0.25) is 11.6 Å². The van der Waals surface area contributed by atoms with E-state index in [1.54, 1.807) is 20.8 Å². The van der Waals surface area contributed by atoms with Gasteiger partial charge in [0.05, 0.1) is 29.2 Å². The van der Waals surface area contributed by atoms with Gasteiger partial charge in [-0.05, 0) is 59.4 Å². The van der Waals surface area contributed by atoms with Crippen molar-refractivity contribution < 1.29 is 31.8 Å². The van der Waals surface area contributed by atoms with Crippen molar-refractivity contribution in [2.45, 2.75) is 107 Å². The maximum absolute atomic E-state index is 17.2. The molecule has 0 radical (unpaired) electrons. The fourth-order valence-electron chi connectivity index (χ4n) is 7.96. The van der Waals surface area contributed by atoms with Crippen LogP contribution in [0.25, 0.3) is 10.9 Å². The van der Waals surface area contributed by atoms with E-state index in [0.29, 0.717) is 36.4 Å². The molecule has 0 aromatic carbocycles. The molecule has 7 heterocycles. The van der Waals surface area contributed by atoms with Crippen molar-refractivity contribution in [3.63, 3.8) is 0 Å². The molecule has 2 aromatic heterocycles. The fourth-order valence-corrected chi connectivity index (χ4v) is 8.15. The number of hydrogen-bond acceptors (Lipinski definition) is 8. The summed E-state index contributed by atoms with van der Waals surface area (Å²) in [4.78, 5) is 30.7. The van der Waals surface area contributed by atoms with Gasteiger partial charge in [0.1, 0.15) is 29.7 Å². The highest BCUT2D eigenvalue weighted by molar-refractivity contribution is 6.30. The number of nitrogens with zero attached hydrogens (tertiary/aromatic N) is 6. The molecule has 2 aromatic rings. The molecular weight excluding hydrogens is 592 g/mol. The van der Waals surface area contributed by atoms with Crippen LogP contribution in [0.5, 0.6) is 6.01 Å². The fraction of sp³-hybridized carbons (Fsp3) is 0.724. The minimum Gasteiger partial charge on any atom is -0.461 e. The molecule has 234 valence electrons. The van der Waals surface area contributed by atoms with E-state index in [9.17, 15) is 9.18 Å². The Kier molecular flexibility index (Phi) is 6.53. The monoisotopic (exact) mass is 626 g/mol. The van der Waals surface area contributed by atoms with Crippen LogP contribution in [0.1, 0.15) is 71.4 Å². The summed E-state index contributed by atoms with van der Waals surface area (Å²) in [5, 5.41) is -0.160. The predicted octanol–water partition coefficient (Wildman–Crippen LogP) is 5.66. The molecule has 0 saturated carbocycles. The maximum Gasteiger partial charge on any atom is 0.415 e. The second-order valence-electron chi connectivity index (χ2n) is 13.7. The second-order valence-corrected chi connectivity index (χ2v) is 14.0. The number of rotatable bonds is 3. The molecule has 9 nitrogen and oxygen atoms in total. The van der Waals surface area contributed by atoms with Gasteiger partial charge < -0.3 is 14.4 Å². The number of anilines is 1. The zero-order valence-electron chi connectivity index (χ0n) is 24.4. The average Bonchev–Trinajstić information content (AvgIpc) is 3.50. The Morgan fingerprint density at radius 1 is 1.14 bits per heavy atom. The van der Waals surface area contributed by atoms with E-state index in [4.69, 9.17) is 21.1 Å². The molecule has 0 unspecified atom stereocenters. The van der Waals surface area contributed by atoms with Crippen LogP contribution in [0.2, 0.25) is 5.15 Å². The van der Waals surface area contributed by atoms with E-state index in [0.717, 1.165) is 19.4 Å². The van der Waals surface area contributed by atoms with Crippen LogP contribution in [-0.4, -0.2) is 92.0 Å². The third-order valence-corrected chi connectivity index (χ3v) is 9.93. The zero-order valence-corrected chi connectivity index (χ0v) is 25.2. The molecule has 5 aliphatic rings. The number of hydrogen-bond donors (Lipinski definition) is 0. The van der Waals surface area contributed by atoms with Crippen molar-refractivity contribution in [1.82, 2.24) is 24.8 Å². The lowest BCUT2D eigenvalue weighted by atomic mass is 9.91. The third kappa shape index (κ3) is 4.50. The lowest BCUT2D eigenvalue weighted by molar-refractivity contribution is -0.133. The van der Waals surface area contributed by atoms with Gasteiger partial charge in [-0.1, -0.05) is 11.6 Å². The number of halogens is 5. The lowest BCUT2D eigenvalue weighted by Gasteiger charge is -2.52. The molecule has 0 aliphatic carbocycles. The molecule has 43 heavy (non-hydrogen) atoms. The summed E-state index contributed by atoms with van der Waals surface area (Å²) in [6.07, 6.45) is 0.418. The van der Waals surface area contributed by atoms with Crippen LogP contribution >= 0.6 is 11.6 Å². The van der Waals surface area contributed by atoms with Crippen LogP contribution in [-0.2, 0) is 11.2 Å². The molecule has 0 N–H and O–H groups in total. The van der Waals surface area contributed by atoms with Crippen LogP contribution in [0, 0.1) is 5.82 Å². The van der Waals surface area contributed by atoms with Gasteiger partial charge >= 0.3 is 12.1 Å². The standard InChI is InChI=1S/C29H35ClF4N6O3/c1-26(2,3)43-25(41)40-28(33)9-10-29(40,34)18-7-4-6-17-19-21(20(32)22(30)35-17)36-24(37-23(19)39(18)14-28)42-15-27-8-5-11-38(27)13-16(31)12-27/h16,18H,4-15H2,1-3H3/t16-,18-,27+,28-,29+/m1/s1. The van der Waals surface area contributed by atoms with Crippen molar-refractivity contribution in [1.29, 1.82) is 0 Å². The summed E-state index contributed by atoms with van der Waals surface area (Å²) in [7, 11) is 0. The van der Waals surface area contributed by atoms with E-state index >= 15 is 13.2 Å². The van der Waals surface area contributed by atoms with Crippen LogP contribution in [0.3, 0.4) is 0 Å².